The number of rotatable bonds is 9. The van der Waals surface area contributed by atoms with Crippen molar-refractivity contribution in [2.45, 2.75) is 20.0 Å². The van der Waals surface area contributed by atoms with E-state index in [4.69, 9.17) is 13.9 Å². The molecule has 166 valence electrons. The Balaban J connectivity index is 0.00000341. The van der Waals surface area contributed by atoms with Crippen molar-refractivity contribution in [1.29, 1.82) is 0 Å². The summed E-state index contributed by atoms with van der Waals surface area (Å²) < 4.78 is 16.3. The second-order valence-electron chi connectivity index (χ2n) is 6.78. The van der Waals surface area contributed by atoms with Crippen molar-refractivity contribution < 1.29 is 13.9 Å². The van der Waals surface area contributed by atoms with E-state index in [2.05, 4.69) is 27.5 Å². The molecule has 1 aromatic heterocycles. The molecule has 0 saturated carbocycles. The van der Waals surface area contributed by atoms with E-state index in [1.807, 2.05) is 48.5 Å². The lowest BCUT2D eigenvalue weighted by molar-refractivity contribution is 0.146. The van der Waals surface area contributed by atoms with Gasteiger partial charge in [0.05, 0.1) is 18.8 Å². The van der Waals surface area contributed by atoms with Crippen LogP contribution in [0.5, 0.6) is 5.75 Å². The molecule has 3 aromatic rings. The van der Waals surface area contributed by atoms with Gasteiger partial charge in [0.1, 0.15) is 18.6 Å². The number of oxazole rings is 1. The summed E-state index contributed by atoms with van der Waals surface area (Å²) in [5, 5.41) is 6.55. The van der Waals surface area contributed by atoms with Gasteiger partial charge in [0.15, 0.2) is 5.96 Å². The van der Waals surface area contributed by atoms with Crippen LogP contribution < -0.4 is 15.4 Å². The van der Waals surface area contributed by atoms with Crippen molar-refractivity contribution in [3.63, 3.8) is 0 Å². The minimum absolute atomic E-state index is 0. The smallest absolute Gasteiger partial charge is 0.226 e. The Morgan fingerprint density at radius 2 is 1.84 bits per heavy atom. The van der Waals surface area contributed by atoms with Crippen molar-refractivity contribution in [3.05, 3.63) is 71.6 Å². The zero-order valence-electron chi connectivity index (χ0n) is 18.1. The van der Waals surface area contributed by atoms with E-state index in [1.54, 1.807) is 20.4 Å². The van der Waals surface area contributed by atoms with Crippen LogP contribution >= 0.6 is 24.0 Å². The van der Waals surface area contributed by atoms with E-state index in [1.165, 1.54) is 5.56 Å². The van der Waals surface area contributed by atoms with Gasteiger partial charge in [0, 0.05) is 26.3 Å². The topological polar surface area (TPSA) is 80.9 Å². The summed E-state index contributed by atoms with van der Waals surface area (Å²) in [5.74, 6) is 2.11. The first kappa shape index (κ1) is 24.7. The summed E-state index contributed by atoms with van der Waals surface area (Å²) in [4.78, 5) is 8.81. The molecule has 3 rings (SSSR count). The maximum atomic E-state index is 5.65. The van der Waals surface area contributed by atoms with E-state index in [9.17, 15) is 0 Å². The van der Waals surface area contributed by atoms with Gasteiger partial charge in [-0.2, -0.15) is 0 Å². The van der Waals surface area contributed by atoms with Gasteiger partial charge in [-0.1, -0.05) is 29.8 Å². The quantitative estimate of drug-likeness (QED) is 0.185. The van der Waals surface area contributed by atoms with Crippen molar-refractivity contribution in [2.75, 3.05) is 27.4 Å². The first-order valence-corrected chi connectivity index (χ1v) is 9.84. The largest absolute Gasteiger partial charge is 0.491 e. The van der Waals surface area contributed by atoms with Crippen LogP contribution in [-0.2, 0) is 17.8 Å². The number of halogens is 1. The standard InChI is InChI=1S/C23H28N4O3.HI/c1-17-7-9-19(10-8-17)22-27-20(16-30-22)15-26-23(24-2)25-14-18-5-4-6-21(13-18)29-12-11-28-3;/h4-10,13,16H,11-12,14-15H2,1-3H3,(H2,24,25,26);1H. The number of ether oxygens (including phenoxy) is 2. The number of hydrogen-bond donors (Lipinski definition) is 2. The van der Waals surface area contributed by atoms with Crippen molar-refractivity contribution >= 4 is 29.9 Å². The number of aliphatic imine (C=N–C) groups is 1. The number of aromatic nitrogens is 1. The van der Waals surface area contributed by atoms with E-state index < -0.39 is 0 Å². The maximum Gasteiger partial charge on any atom is 0.226 e. The molecule has 2 aromatic carbocycles. The van der Waals surface area contributed by atoms with Crippen LogP contribution in [0.1, 0.15) is 16.8 Å². The summed E-state index contributed by atoms with van der Waals surface area (Å²) in [6.07, 6.45) is 1.66. The third kappa shape index (κ3) is 7.87. The molecule has 0 saturated heterocycles. The van der Waals surface area contributed by atoms with Crippen LogP contribution in [-0.4, -0.2) is 38.3 Å². The highest BCUT2D eigenvalue weighted by molar-refractivity contribution is 14.0. The van der Waals surface area contributed by atoms with Gasteiger partial charge in [-0.3, -0.25) is 4.99 Å². The molecule has 0 unspecified atom stereocenters. The molecule has 0 fully saturated rings. The average Bonchev–Trinajstić information content (AvgIpc) is 3.24. The van der Waals surface area contributed by atoms with Crippen LogP contribution in [0.25, 0.3) is 11.5 Å². The summed E-state index contributed by atoms with van der Waals surface area (Å²) in [6, 6.07) is 16.0. The van der Waals surface area contributed by atoms with Crippen LogP contribution in [0.3, 0.4) is 0 Å². The highest BCUT2D eigenvalue weighted by Crippen LogP contribution is 2.19. The van der Waals surface area contributed by atoms with Gasteiger partial charge in [-0.25, -0.2) is 4.98 Å². The van der Waals surface area contributed by atoms with Crippen LogP contribution in [0.4, 0.5) is 0 Å². The second-order valence-corrected chi connectivity index (χ2v) is 6.78. The fourth-order valence-electron chi connectivity index (χ4n) is 2.79. The molecule has 0 amide bonds. The highest BCUT2D eigenvalue weighted by Gasteiger charge is 2.07. The molecule has 8 heteroatoms. The maximum absolute atomic E-state index is 5.65. The van der Waals surface area contributed by atoms with Crippen molar-refractivity contribution in [2.24, 2.45) is 4.99 Å². The average molecular weight is 536 g/mol. The van der Waals surface area contributed by atoms with E-state index in [-0.39, 0.29) is 24.0 Å². The number of methoxy groups -OCH3 is 1. The summed E-state index contributed by atoms with van der Waals surface area (Å²) in [5.41, 5.74) is 4.06. The molecule has 0 spiro atoms. The molecule has 7 nitrogen and oxygen atoms in total. The summed E-state index contributed by atoms with van der Waals surface area (Å²) >= 11 is 0. The zero-order chi connectivity index (χ0) is 21.2. The third-order valence-corrected chi connectivity index (χ3v) is 4.43. The number of aryl methyl sites for hydroxylation is 1. The lowest BCUT2D eigenvalue weighted by atomic mass is 10.1. The Bertz CT molecular complexity index is 957. The molecular weight excluding hydrogens is 507 g/mol. The van der Waals surface area contributed by atoms with Crippen molar-refractivity contribution in [1.82, 2.24) is 15.6 Å². The zero-order valence-corrected chi connectivity index (χ0v) is 20.4. The molecular formula is C23H29IN4O3. The SMILES string of the molecule is CN=C(NCc1cccc(OCCOC)c1)NCc1coc(-c2ccc(C)cc2)n1.I. The highest BCUT2D eigenvalue weighted by atomic mass is 127. The normalized spacial score (nSPS) is 11.0. The Morgan fingerprint density at radius 3 is 2.58 bits per heavy atom. The number of hydrogen-bond acceptors (Lipinski definition) is 5. The summed E-state index contributed by atoms with van der Waals surface area (Å²) in [6.45, 7) is 4.27. The van der Waals surface area contributed by atoms with E-state index >= 15 is 0 Å². The van der Waals surface area contributed by atoms with Gasteiger partial charge in [-0.05, 0) is 36.8 Å². The third-order valence-electron chi connectivity index (χ3n) is 4.43. The predicted molar refractivity (Wildman–Crippen MR) is 133 cm³/mol. The number of benzene rings is 2. The van der Waals surface area contributed by atoms with Gasteiger partial charge >= 0.3 is 0 Å². The van der Waals surface area contributed by atoms with Crippen molar-refractivity contribution in [3.8, 4) is 17.2 Å². The molecule has 2 N–H and O–H groups in total. The number of guanidine groups is 1. The first-order chi connectivity index (χ1) is 14.7. The minimum atomic E-state index is 0. The van der Waals surface area contributed by atoms with Gasteiger partial charge in [0.2, 0.25) is 5.89 Å². The van der Waals surface area contributed by atoms with Crippen LogP contribution in [0.2, 0.25) is 0 Å². The fraction of sp³-hybridized carbons (Fsp3) is 0.304. The fourth-order valence-corrected chi connectivity index (χ4v) is 2.79. The minimum Gasteiger partial charge on any atom is -0.491 e. The second kappa shape index (κ2) is 13.0. The van der Waals surface area contributed by atoms with Gasteiger partial charge < -0.3 is 24.5 Å². The lowest BCUT2D eigenvalue weighted by Gasteiger charge is -2.12. The molecule has 0 radical (unpaired) electrons. The summed E-state index contributed by atoms with van der Waals surface area (Å²) in [7, 11) is 3.39. The molecule has 0 aliphatic heterocycles. The Morgan fingerprint density at radius 1 is 1.06 bits per heavy atom. The predicted octanol–water partition coefficient (Wildman–Crippen LogP) is 4.16. The van der Waals surface area contributed by atoms with E-state index in [0.29, 0.717) is 38.2 Å². The molecule has 0 aliphatic carbocycles. The molecule has 31 heavy (non-hydrogen) atoms. The number of nitrogens with zero attached hydrogens (tertiary/aromatic N) is 2. The van der Waals surface area contributed by atoms with E-state index in [0.717, 1.165) is 22.6 Å². The Labute approximate surface area is 200 Å². The molecule has 0 bridgehead atoms. The first-order valence-electron chi connectivity index (χ1n) is 9.84. The Kier molecular flexibility index (Phi) is 10.3. The lowest BCUT2D eigenvalue weighted by Crippen LogP contribution is -2.36. The number of nitrogens with one attached hydrogen (secondary N) is 2. The monoisotopic (exact) mass is 536 g/mol. The van der Waals surface area contributed by atoms with Crippen LogP contribution in [0, 0.1) is 6.92 Å². The molecule has 1 heterocycles. The molecule has 0 aliphatic rings. The van der Waals surface area contributed by atoms with Gasteiger partial charge in [-0.15, -0.1) is 24.0 Å². The van der Waals surface area contributed by atoms with Crippen LogP contribution in [0.15, 0.2) is 64.2 Å². The Hall–Kier alpha value is -2.59. The van der Waals surface area contributed by atoms with Gasteiger partial charge in [0.25, 0.3) is 0 Å². The molecule has 0 atom stereocenters.